The molecule has 0 radical (unpaired) electrons. The summed E-state index contributed by atoms with van der Waals surface area (Å²) in [6.45, 7) is 0.149. The molecule has 3 rings (SSSR count). The number of anilines is 1. The molecule has 8 heteroatoms. The van der Waals surface area contributed by atoms with Gasteiger partial charge in [-0.05, 0) is 47.7 Å². The van der Waals surface area contributed by atoms with E-state index < -0.39 is 18.5 Å². The number of urea groups is 1. The number of nitrogens with one attached hydrogen (secondary N) is 2. The third-order valence-corrected chi connectivity index (χ3v) is 4.32. The van der Waals surface area contributed by atoms with Gasteiger partial charge in [0, 0.05) is 18.7 Å². The Balaban J connectivity index is 1.56. The maximum Gasteiger partial charge on any atom is 0.573 e. The van der Waals surface area contributed by atoms with Crippen molar-refractivity contribution < 1.29 is 27.8 Å². The summed E-state index contributed by atoms with van der Waals surface area (Å²) in [7, 11) is 0. The number of benzene rings is 2. The fourth-order valence-electron chi connectivity index (χ4n) is 3.04. The van der Waals surface area contributed by atoms with E-state index in [-0.39, 0.29) is 12.3 Å². The molecule has 1 aliphatic carbocycles. The van der Waals surface area contributed by atoms with Crippen LogP contribution in [0.2, 0.25) is 0 Å². The number of alkyl halides is 3. The van der Waals surface area contributed by atoms with Crippen molar-refractivity contribution in [1.82, 2.24) is 5.32 Å². The summed E-state index contributed by atoms with van der Waals surface area (Å²) in [4.78, 5) is 12.1. The number of halogens is 3. The molecular formula is C19H19F3N2O3. The van der Waals surface area contributed by atoms with Gasteiger partial charge < -0.3 is 20.5 Å². The van der Waals surface area contributed by atoms with Crippen LogP contribution in [0.15, 0.2) is 42.5 Å². The number of rotatable bonds is 4. The smallest absolute Gasteiger partial charge is 0.406 e. The van der Waals surface area contributed by atoms with Crippen molar-refractivity contribution in [3.05, 3.63) is 59.2 Å². The number of ether oxygens (including phenoxy) is 1. The van der Waals surface area contributed by atoms with Crippen molar-refractivity contribution in [1.29, 1.82) is 0 Å². The van der Waals surface area contributed by atoms with Crippen molar-refractivity contribution in [2.45, 2.75) is 38.3 Å². The highest BCUT2D eigenvalue weighted by Gasteiger charge is 2.30. The van der Waals surface area contributed by atoms with Crippen LogP contribution in [0.1, 0.15) is 23.1 Å². The summed E-state index contributed by atoms with van der Waals surface area (Å²) >= 11 is 0. The first-order valence-electron chi connectivity index (χ1n) is 8.48. The van der Waals surface area contributed by atoms with Crippen LogP contribution in [-0.2, 0) is 19.4 Å². The van der Waals surface area contributed by atoms with Gasteiger partial charge in [0.05, 0.1) is 6.10 Å². The number of aryl methyl sites for hydroxylation is 1. The van der Waals surface area contributed by atoms with E-state index in [9.17, 15) is 23.1 Å². The van der Waals surface area contributed by atoms with Crippen LogP contribution >= 0.6 is 0 Å². The molecule has 2 aromatic rings. The van der Waals surface area contributed by atoms with Gasteiger partial charge in [0.2, 0.25) is 0 Å². The van der Waals surface area contributed by atoms with Gasteiger partial charge >= 0.3 is 12.4 Å². The number of amides is 2. The zero-order valence-electron chi connectivity index (χ0n) is 14.3. The lowest BCUT2D eigenvalue weighted by Gasteiger charge is -2.23. The van der Waals surface area contributed by atoms with E-state index in [4.69, 9.17) is 0 Å². The average molecular weight is 380 g/mol. The standard InChI is InChI=1S/C19H19F3N2O3/c20-19(21,22)27-15-8-4-12(5-9-15)11-23-18(26)24-17-3-1-2-13-6-7-14(25)10-16(13)17/h1-5,8-9,14,25H,6-7,10-11H2,(H2,23,24,26). The van der Waals surface area contributed by atoms with E-state index in [1.54, 1.807) is 6.07 Å². The highest BCUT2D eigenvalue weighted by Crippen LogP contribution is 2.28. The molecule has 2 amide bonds. The number of carbonyl (C=O) groups is 1. The second-order valence-electron chi connectivity index (χ2n) is 6.34. The number of aliphatic hydroxyl groups is 1. The molecule has 0 aliphatic heterocycles. The highest BCUT2D eigenvalue weighted by atomic mass is 19.4. The monoisotopic (exact) mass is 380 g/mol. The summed E-state index contributed by atoms with van der Waals surface area (Å²) in [5.74, 6) is -0.315. The van der Waals surface area contributed by atoms with Crippen LogP contribution in [0.5, 0.6) is 5.75 Å². The zero-order valence-corrected chi connectivity index (χ0v) is 14.3. The molecule has 1 aliphatic rings. The molecule has 1 unspecified atom stereocenters. The lowest BCUT2D eigenvalue weighted by Crippen LogP contribution is -2.29. The normalized spacial score (nSPS) is 16.4. The predicted molar refractivity (Wildman–Crippen MR) is 93.5 cm³/mol. The predicted octanol–water partition coefficient (Wildman–Crippen LogP) is 3.76. The topological polar surface area (TPSA) is 70.6 Å². The maximum atomic E-state index is 12.1. The lowest BCUT2D eigenvalue weighted by atomic mass is 9.88. The first-order valence-corrected chi connectivity index (χ1v) is 8.48. The molecule has 3 N–H and O–H groups in total. The summed E-state index contributed by atoms with van der Waals surface area (Å²) in [6, 6.07) is 10.5. The second kappa shape index (κ2) is 7.87. The minimum atomic E-state index is -4.73. The molecule has 5 nitrogen and oxygen atoms in total. The summed E-state index contributed by atoms with van der Waals surface area (Å²) in [5, 5.41) is 15.3. The summed E-state index contributed by atoms with van der Waals surface area (Å²) < 4.78 is 40.2. The Bertz CT molecular complexity index is 807. The van der Waals surface area contributed by atoms with Crippen LogP contribution in [0.4, 0.5) is 23.7 Å². The van der Waals surface area contributed by atoms with Crippen molar-refractivity contribution in [3.63, 3.8) is 0 Å². The third-order valence-electron chi connectivity index (χ3n) is 4.32. The molecule has 0 aromatic heterocycles. The molecule has 0 fully saturated rings. The van der Waals surface area contributed by atoms with Crippen molar-refractivity contribution in [3.8, 4) is 5.75 Å². The average Bonchev–Trinajstić information content (AvgIpc) is 2.60. The van der Waals surface area contributed by atoms with Gasteiger partial charge in [-0.15, -0.1) is 13.2 Å². The van der Waals surface area contributed by atoms with E-state index >= 15 is 0 Å². The molecule has 0 bridgehead atoms. The van der Waals surface area contributed by atoms with Crippen LogP contribution < -0.4 is 15.4 Å². The van der Waals surface area contributed by atoms with Gasteiger partial charge in [0.15, 0.2) is 0 Å². The first kappa shape index (κ1) is 19.0. The van der Waals surface area contributed by atoms with E-state index in [2.05, 4.69) is 15.4 Å². The summed E-state index contributed by atoms with van der Waals surface area (Å²) in [6.07, 6.45) is -3.19. The van der Waals surface area contributed by atoms with Gasteiger partial charge in [-0.25, -0.2) is 4.79 Å². The minimum Gasteiger partial charge on any atom is -0.406 e. The molecule has 0 saturated heterocycles. The minimum absolute atomic E-state index is 0.149. The van der Waals surface area contributed by atoms with E-state index in [0.29, 0.717) is 24.1 Å². The molecule has 144 valence electrons. The fourth-order valence-corrected chi connectivity index (χ4v) is 3.04. The van der Waals surface area contributed by atoms with Crippen LogP contribution in [0.25, 0.3) is 0 Å². The van der Waals surface area contributed by atoms with Gasteiger partial charge in [-0.3, -0.25) is 0 Å². The Hall–Kier alpha value is -2.74. The maximum absolute atomic E-state index is 12.1. The Morgan fingerprint density at radius 2 is 1.93 bits per heavy atom. The number of aliphatic hydroxyl groups excluding tert-OH is 1. The van der Waals surface area contributed by atoms with Gasteiger partial charge in [-0.1, -0.05) is 24.3 Å². The van der Waals surface area contributed by atoms with Crippen LogP contribution in [-0.4, -0.2) is 23.6 Å². The largest absolute Gasteiger partial charge is 0.573 e. The van der Waals surface area contributed by atoms with Crippen LogP contribution in [0.3, 0.4) is 0 Å². The molecule has 0 heterocycles. The third kappa shape index (κ3) is 5.37. The van der Waals surface area contributed by atoms with Crippen molar-refractivity contribution in [2.75, 3.05) is 5.32 Å². The van der Waals surface area contributed by atoms with Crippen molar-refractivity contribution in [2.24, 2.45) is 0 Å². The van der Waals surface area contributed by atoms with Crippen LogP contribution in [0, 0.1) is 0 Å². The summed E-state index contributed by atoms with van der Waals surface area (Å²) in [5.41, 5.74) is 3.32. The Morgan fingerprint density at radius 1 is 1.19 bits per heavy atom. The zero-order chi connectivity index (χ0) is 19.4. The number of hydrogen-bond acceptors (Lipinski definition) is 3. The van der Waals surface area contributed by atoms with Gasteiger partial charge in [0.25, 0.3) is 0 Å². The number of carbonyl (C=O) groups excluding carboxylic acids is 1. The Kier molecular flexibility index (Phi) is 5.55. The Morgan fingerprint density at radius 3 is 2.63 bits per heavy atom. The molecule has 0 saturated carbocycles. The van der Waals surface area contributed by atoms with E-state index in [0.717, 1.165) is 17.5 Å². The lowest BCUT2D eigenvalue weighted by molar-refractivity contribution is -0.274. The van der Waals surface area contributed by atoms with E-state index in [1.165, 1.54) is 24.3 Å². The molecule has 27 heavy (non-hydrogen) atoms. The molecule has 1 atom stereocenters. The first-order chi connectivity index (χ1) is 12.8. The number of fused-ring (bicyclic) bond motifs is 1. The fraction of sp³-hybridized carbons (Fsp3) is 0.316. The molecule has 2 aromatic carbocycles. The van der Waals surface area contributed by atoms with Gasteiger partial charge in [-0.2, -0.15) is 0 Å². The van der Waals surface area contributed by atoms with E-state index in [1.807, 2.05) is 12.1 Å². The molecule has 0 spiro atoms. The highest BCUT2D eigenvalue weighted by molar-refractivity contribution is 5.90. The molecular weight excluding hydrogens is 361 g/mol. The van der Waals surface area contributed by atoms with Gasteiger partial charge in [0.1, 0.15) is 5.75 Å². The quantitative estimate of drug-likeness (QED) is 0.757. The van der Waals surface area contributed by atoms with Crippen molar-refractivity contribution >= 4 is 11.7 Å². The second-order valence-corrected chi connectivity index (χ2v) is 6.34. The SMILES string of the molecule is O=C(NCc1ccc(OC(F)(F)F)cc1)Nc1cccc2c1CC(O)CC2. The number of hydrogen-bond donors (Lipinski definition) is 3. The Labute approximate surface area is 154 Å².